The summed E-state index contributed by atoms with van der Waals surface area (Å²) in [6.07, 6.45) is -0.0199. The summed E-state index contributed by atoms with van der Waals surface area (Å²) in [7, 11) is 0. The molecule has 1 N–H and O–H groups in total. The molecule has 0 fully saturated rings. The second-order valence-corrected chi connectivity index (χ2v) is 6.10. The van der Waals surface area contributed by atoms with E-state index in [1.165, 1.54) is 24.3 Å². The zero-order valence-electron chi connectivity index (χ0n) is 14.7. The molecule has 4 nitrogen and oxygen atoms in total. The van der Waals surface area contributed by atoms with Crippen LogP contribution in [0.5, 0.6) is 5.75 Å². The molecular weight excluding hydrogens is 345 g/mol. The van der Waals surface area contributed by atoms with Gasteiger partial charge in [0.05, 0.1) is 12.0 Å². The van der Waals surface area contributed by atoms with Gasteiger partial charge in [0.15, 0.2) is 0 Å². The van der Waals surface area contributed by atoms with Gasteiger partial charge in [-0.25, -0.2) is 4.39 Å². The van der Waals surface area contributed by atoms with Crippen LogP contribution in [0.1, 0.15) is 21.5 Å². The maximum atomic E-state index is 13.0. The van der Waals surface area contributed by atoms with Gasteiger partial charge in [0.2, 0.25) is 0 Å². The Hall–Kier alpha value is -3.47. The Morgan fingerprint density at radius 1 is 0.963 bits per heavy atom. The molecule has 0 aliphatic heterocycles. The lowest BCUT2D eigenvalue weighted by molar-refractivity contribution is -0.133. The molecule has 0 aliphatic carbocycles. The maximum Gasteiger partial charge on any atom is 0.315 e. The fraction of sp³-hybridized carbons (Fsp3) is 0.0909. The second-order valence-electron chi connectivity index (χ2n) is 6.10. The minimum atomic E-state index is -0.527. The topological polar surface area (TPSA) is 55.4 Å². The summed E-state index contributed by atoms with van der Waals surface area (Å²) >= 11 is 0. The number of rotatable bonds is 5. The molecule has 27 heavy (non-hydrogen) atoms. The summed E-state index contributed by atoms with van der Waals surface area (Å²) in [4.78, 5) is 24.8. The van der Waals surface area contributed by atoms with Crippen LogP contribution >= 0.6 is 0 Å². The Labute approximate surface area is 156 Å². The van der Waals surface area contributed by atoms with Crippen LogP contribution in [0.4, 0.5) is 10.1 Å². The molecule has 0 atom stereocenters. The van der Waals surface area contributed by atoms with Crippen LogP contribution in [-0.4, -0.2) is 11.9 Å². The van der Waals surface area contributed by atoms with E-state index in [2.05, 4.69) is 5.32 Å². The quantitative estimate of drug-likeness (QED) is 0.535. The van der Waals surface area contributed by atoms with Gasteiger partial charge in [-0.3, -0.25) is 9.59 Å². The van der Waals surface area contributed by atoms with Crippen molar-refractivity contribution >= 4 is 17.6 Å². The van der Waals surface area contributed by atoms with Crippen LogP contribution in [0.2, 0.25) is 0 Å². The number of carbonyl (C=O) groups is 2. The third-order valence-electron chi connectivity index (χ3n) is 3.90. The SMILES string of the molecule is Cc1ccc(C(=O)Nc2ccccc2)c(OC(=O)Cc2ccc(F)cc2)c1. The molecule has 0 saturated heterocycles. The van der Waals surface area contributed by atoms with Gasteiger partial charge in [-0.15, -0.1) is 0 Å². The summed E-state index contributed by atoms with van der Waals surface area (Å²) in [5.74, 6) is -1.08. The van der Waals surface area contributed by atoms with E-state index in [9.17, 15) is 14.0 Å². The highest BCUT2D eigenvalue weighted by atomic mass is 19.1. The Kier molecular flexibility index (Phi) is 5.61. The highest BCUT2D eigenvalue weighted by molar-refractivity contribution is 6.06. The number of esters is 1. The number of halogens is 1. The number of ether oxygens (including phenoxy) is 1. The predicted octanol–water partition coefficient (Wildman–Crippen LogP) is 4.53. The predicted molar refractivity (Wildman–Crippen MR) is 101 cm³/mol. The van der Waals surface area contributed by atoms with E-state index in [0.29, 0.717) is 11.3 Å². The average Bonchev–Trinajstić information content (AvgIpc) is 2.64. The molecular formula is C22H18FNO3. The Morgan fingerprint density at radius 3 is 2.37 bits per heavy atom. The summed E-state index contributed by atoms with van der Waals surface area (Å²) in [6.45, 7) is 1.84. The summed E-state index contributed by atoms with van der Waals surface area (Å²) in [6, 6.07) is 19.7. The van der Waals surface area contributed by atoms with E-state index in [1.807, 2.05) is 25.1 Å². The molecule has 5 heteroatoms. The first kappa shape index (κ1) is 18.3. The van der Waals surface area contributed by atoms with Crippen molar-refractivity contribution in [3.8, 4) is 5.75 Å². The molecule has 0 radical (unpaired) electrons. The Morgan fingerprint density at radius 2 is 1.67 bits per heavy atom. The minimum Gasteiger partial charge on any atom is -0.425 e. The molecule has 0 aromatic heterocycles. The van der Waals surface area contributed by atoms with E-state index in [4.69, 9.17) is 4.74 Å². The summed E-state index contributed by atoms with van der Waals surface area (Å²) < 4.78 is 18.4. The molecule has 1 amide bonds. The van der Waals surface area contributed by atoms with Crippen LogP contribution in [0.15, 0.2) is 72.8 Å². The van der Waals surface area contributed by atoms with Gasteiger partial charge >= 0.3 is 5.97 Å². The molecule has 136 valence electrons. The number of nitrogens with one attached hydrogen (secondary N) is 1. The number of carbonyl (C=O) groups excluding carboxylic acids is 2. The Balaban J connectivity index is 1.76. The Bertz CT molecular complexity index is 953. The van der Waals surface area contributed by atoms with Crippen LogP contribution in [0.25, 0.3) is 0 Å². The lowest BCUT2D eigenvalue weighted by Gasteiger charge is -2.12. The van der Waals surface area contributed by atoms with Crippen molar-refractivity contribution in [1.82, 2.24) is 0 Å². The molecule has 0 heterocycles. The molecule has 0 unspecified atom stereocenters. The smallest absolute Gasteiger partial charge is 0.315 e. The fourth-order valence-electron chi connectivity index (χ4n) is 2.55. The lowest BCUT2D eigenvalue weighted by Crippen LogP contribution is -2.17. The van der Waals surface area contributed by atoms with Crippen molar-refractivity contribution in [3.63, 3.8) is 0 Å². The van der Waals surface area contributed by atoms with Gasteiger partial charge in [-0.1, -0.05) is 36.4 Å². The van der Waals surface area contributed by atoms with Gasteiger partial charge in [0.25, 0.3) is 5.91 Å². The second kappa shape index (κ2) is 8.27. The van der Waals surface area contributed by atoms with Crippen LogP contribution in [0.3, 0.4) is 0 Å². The standard InChI is InChI=1S/C22H18FNO3/c1-15-7-12-19(22(26)24-18-5-3-2-4-6-18)20(13-15)27-21(25)14-16-8-10-17(23)11-9-16/h2-13H,14H2,1H3,(H,24,26). The summed E-state index contributed by atoms with van der Waals surface area (Å²) in [5.41, 5.74) is 2.39. The number of para-hydroxylation sites is 1. The molecule has 0 bridgehead atoms. The van der Waals surface area contributed by atoms with Gasteiger partial charge in [0, 0.05) is 5.69 Å². The van der Waals surface area contributed by atoms with E-state index in [-0.39, 0.29) is 29.5 Å². The van der Waals surface area contributed by atoms with Gasteiger partial charge in [-0.2, -0.15) is 0 Å². The van der Waals surface area contributed by atoms with Crippen molar-refractivity contribution in [3.05, 3.63) is 95.3 Å². The third-order valence-corrected chi connectivity index (χ3v) is 3.90. The first-order valence-electron chi connectivity index (χ1n) is 8.43. The van der Waals surface area contributed by atoms with Crippen LogP contribution < -0.4 is 10.1 Å². The average molecular weight is 363 g/mol. The molecule has 0 saturated carbocycles. The maximum absolute atomic E-state index is 13.0. The number of anilines is 1. The molecule has 3 rings (SSSR count). The number of hydrogen-bond donors (Lipinski definition) is 1. The first-order valence-corrected chi connectivity index (χ1v) is 8.43. The largest absolute Gasteiger partial charge is 0.425 e. The first-order chi connectivity index (χ1) is 13.0. The number of benzene rings is 3. The van der Waals surface area contributed by atoms with E-state index >= 15 is 0 Å². The van der Waals surface area contributed by atoms with E-state index < -0.39 is 5.97 Å². The van der Waals surface area contributed by atoms with Crippen molar-refractivity contribution < 1.29 is 18.7 Å². The number of hydrogen-bond acceptors (Lipinski definition) is 3. The van der Waals surface area contributed by atoms with Gasteiger partial charge < -0.3 is 10.1 Å². The fourth-order valence-corrected chi connectivity index (χ4v) is 2.55. The highest BCUT2D eigenvalue weighted by Crippen LogP contribution is 2.22. The monoisotopic (exact) mass is 363 g/mol. The molecule has 0 aliphatic rings. The van der Waals surface area contributed by atoms with Crippen LogP contribution in [0, 0.1) is 12.7 Å². The van der Waals surface area contributed by atoms with E-state index in [1.54, 1.807) is 30.3 Å². The van der Waals surface area contributed by atoms with Crippen LogP contribution in [-0.2, 0) is 11.2 Å². The molecule has 3 aromatic rings. The third kappa shape index (κ3) is 5.01. The highest BCUT2D eigenvalue weighted by Gasteiger charge is 2.16. The minimum absolute atomic E-state index is 0.0199. The number of aryl methyl sites for hydroxylation is 1. The molecule has 0 spiro atoms. The van der Waals surface area contributed by atoms with Crippen molar-refractivity contribution in [2.24, 2.45) is 0 Å². The summed E-state index contributed by atoms with van der Waals surface area (Å²) in [5, 5.41) is 2.78. The zero-order chi connectivity index (χ0) is 19.2. The lowest BCUT2D eigenvalue weighted by atomic mass is 10.1. The van der Waals surface area contributed by atoms with Gasteiger partial charge in [0.1, 0.15) is 11.6 Å². The normalized spacial score (nSPS) is 10.3. The van der Waals surface area contributed by atoms with Gasteiger partial charge in [-0.05, 0) is 54.4 Å². The zero-order valence-corrected chi connectivity index (χ0v) is 14.7. The van der Waals surface area contributed by atoms with E-state index in [0.717, 1.165) is 5.56 Å². The van der Waals surface area contributed by atoms with Crippen molar-refractivity contribution in [2.75, 3.05) is 5.32 Å². The number of amides is 1. The molecule has 3 aromatic carbocycles. The van der Waals surface area contributed by atoms with Crippen molar-refractivity contribution in [1.29, 1.82) is 0 Å². The van der Waals surface area contributed by atoms with Crippen molar-refractivity contribution in [2.45, 2.75) is 13.3 Å².